The number of nitrogens with zero attached hydrogens (tertiary/aromatic N) is 6. The van der Waals surface area contributed by atoms with E-state index in [-0.39, 0.29) is 30.3 Å². The Balaban J connectivity index is 0.991. The smallest absolute Gasteiger partial charge is 0.322 e. The van der Waals surface area contributed by atoms with Crippen LogP contribution >= 0.6 is 11.6 Å². The van der Waals surface area contributed by atoms with E-state index < -0.39 is 5.92 Å². The second-order valence-electron chi connectivity index (χ2n) is 15.0. The predicted octanol–water partition coefficient (Wildman–Crippen LogP) is 3.95. The summed E-state index contributed by atoms with van der Waals surface area (Å²) >= 11 is 6.54. The number of piperazine rings is 2. The molecule has 4 fully saturated rings. The van der Waals surface area contributed by atoms with E-state index in [1.165, 1.54) is 12.8 Å². The van der Waals surface area contributed by atoms with Crippen molar-refractivity contribution in [3.05, 3.63) is 58.1 Å². The number of nitrogens with two attached hydrogens (primary N) is 1. The van der Waals surface area contributed by atoms with Gasteiger partial charge in [0.1, 0.15) is 0 Å². The van der Waals surface area contributed by atoms with E-state index in [0.29, 0.717) is 61.9 Å². The number of rotatable bonds is 8. The fraction of sp³-hybridized carbons (Fsp3) is 0.605. The highest BCUT2D eigenvalue weighted by molar-refractivity contribution is 6.33. The maximum atomic E-state index is 14.3. The van der Waals surface area contributed by atoms with E-state index >= 15 is 0 Å². The maximum absolute atomic E-state index is 14.3. The highest BCUT2D eigenvalue weighted by atomic mass is 35.5. The van der Waals surface area contributed by atoms with Crippen molar-refractivity contribution in [3.63, 3.8) is 0 Å². The highest BCUT2D eigenvalue weighted by Gasteiger charge is 2.41. The number of hydrazine groups is 1. The number of likely N-dealkylation sites (N-methyl/N-ethyl adjacent to an activating group) is 1. The van der Waals surface area contributed by atoms with Crippen LogP contribution in [0, 0.1) is 5.92 Å². The summed E-state index contributed by atoms with van der Waals surface area (Å²) in [7, 11) is 2.26. The largest absolute Gasteiger partial charge is 0.397 e. The van der Waals surface area contributed by atoms with Crippen LogP contribution in [0.2, 0.25) is 5.02 Å². The van der Waals surface area contributed by atoms with Crippen LogP contribution in [0.3, 0.4) is 0 Å². The number of urea groups is 1. The van der Waals surface area contributed by atoms with Crippen LogP contribution in [-0.4, -0.2) is 132 Å². The Labute approximate surface area is 301 Å². The lowest BCUT2D eigenvalue weighted by molar-refractivity contribution is -0.147. The van der Waals surface area contributed by atoms with E-state index in [1.54, 1.807) is 0 Å². The van der Waals surface area contributed by atoms with Crippen LogP contribution in [0.5, 0.6) is 0 Å². The maximum Gasteiger partial charge on any atom is 0.322 e. The zero-order valence-corrected chi connectivity index (χ0v) is 30.4. The number of fused-ring (bicyclic) bond motifs is 3. The van der Waals surface area contributed by atoms with Crippen LogP contribution in [-0.2, 0) is 28.9 Å². The van der Waals surface area contributed by atoms with Crippen LogP contribution in [0.25, 0.3) is 0 Å². The molecule has 0 aromatic heterocycles. The van der Waals surface area contributed by atoms with Gasteiger partial charge in [-0.3, -0.25) is 14.5 Å². The molecule has 5 aliphatic rings. The van der Waals surface area contributed by atoms with E-state index in [2.05, 4.69) is 33.3 Å². The molecule has 5 aliphatic heterocycles. The fourth-order valence-corrected chi connectivity index (χ4v) is 9.22. The van der Waals surface area contributed by atoms with Crippen molar-refractivity contribution in [1.29, 1.82) is 0 Å². The Kier molecular flexibility index (Phi) is 10.6. The molecular weight excluding hydrogens is 652 g/mol. The molecule has 7 rings (SSSR count). The molecule has 0 aliphatic carbocycles. The second kappa shape index (κ2) is 15.1. The summed E-state index contributed by atoms with van der Waals surface area (Å²) in [5.74, 6) is -0.456. The summed E-state index contributed by atoms with van der Waals surface area (Å²) in [5, 5.41) is 8.54. The molecule has 0 saturated carbocycles. The number of amides is 4. The van der Waals surface area contributed by atoms with Crippen LogP contribution in [0.15, 0.2) is 36.4 Å². The first kappa shape index (κ1) is 35.0. The molecule has 2 aromatic carbocycles. The topological polar surface area (TPSA) is 109 Å². The third-order valence-corrected chi connectivity index (χ3v) is 12.4. The minimum absolute atomic E-state index is 0.00155. The molecule has 12 heteroatoms. The summed E-state index contributed by atoms with van der Waals surface area (Å²) in [5.41, 5.74) is 10.7. The van der Waals surface area contributed by atoms with Crippen LogP contribution in [0.4, 0.5) is 16.2 Å². The highest BCUT2D eigenvalue weighted by Crippen LogP contribution is 2.31. The predicted molar refractivity (Wildman–Crippen MR) is 197 cm³/mol. The Morgan fingerprint density at radius 2 is 1.60 bits per heavy atom. The number of carbonyl (C=O) groups is 3. The number of anilines is 2. The molecule has 0 radical (unpaired) electrons. The summed E-state index contributed by atoms with van der Waals surface area (Å²) in [4.78, 5) is 49.7. The van der Waals surface area contributed by atoms with Gasteiger partial charge in [0, 0.05) is 89.1 Å². The van der Waals surface area contributed by atoms with Crippen molar-refractivity contribution in [2.24, 2.45) is 5.92 Å². The average molecular weight is 705 g/mol. The molecule has 5 heterocycles. The molecule has 270 valence electrons. The Bertz CT molecular complexity index is 1560. The van der Waals surface area contributed by atoms with Crippen molar-refractivity contribution in [2.75, 3.05) is 77.0 Å². The van der Waals surface area contributed by atoms with Gasteiger partial charge in [0.05, 0.1) is 16.6 Å². The van der Waals surface area contributed by atoms with Gasteiger partial charge in [0.2, 0.25) is 11.8 Å². The SMILES string of the molecule is CCc1cc(C[C@@H](CC(=O)N2CCC(N3CCc4ccccc4NC3=O)CC2)C(=O)N2CCN(N3CC4CCC(C3)N4C)CC2)cc(Cl)c1N. The van der Waals surface area contributed by atoms with E-state index in [4.69, 9.17) is 17.3 Å². The molecular formula is C38H53ClN8O3. The van der Waals surface area contributed by atoms with E-state index in [1.807, 2.05) is 52.0 Å². The number of aryl methyl sites for hydroxylation is 1. The van der Waals surface area contributed by atoms with Gasteiger partial charge in [0.15, 0.2) is 0 Å². The molecule has 2 unspecified atom stereocenters. The first-order valence-corrected chi connectivity index (χ1v) is 19.1. The van der Waals surface area contributed by atoms with Gasteiger partial charge < -0.3 is 25.8 Å². The van der Waals surface area contributed by atoms with E-state index in [9.17, 15) is 14.4 Å². The third kappa shape index (κ3) is 7.33. The Morgan fingerprint density at radius 3 is 2.30 bits per heavy atom. The summed E-state index contributed by atoms with van der Waals surface area (Å²) < 4.78 is 0. The van der Waals surface area contributed by atoms with E-state index in [0.717, 1.165) is 74.2 Å². The lowest BCUT2D eigenvalue weighted by atomic mass is 9.91. The molecule has 50 heavy (non-hydrogen) atoms. The molecule has 2 bridgehead atoms. The molecule has 11 nitrogen and oxygen atoms in total. The fourth-order valence-electron chi connectivity index (χ4n) is 8.96. The summed E-state index contributed by atoms with van der Waals surface area (Å²) in [6, 6.07) is 13.1. The molecule has 3 N–H and O–H groups in total. The molecule has 3 atom stereocenters. The quantitative estimate of drug-likeness (QED) is 0.401. The van der Waals surface area contributed by atoms with Crippen molar-refractivity contribution in [1.82, 2.24) is 29.6 Å². The number of benzene rings is 2. The minimum atomic E-state index is -0.495. The Morgan fingerprint density at radius 1 is 0.900 bits per heavy atom. The van der Waals surface area contributed by atoms with Crippen molar-refractivity contribution < 1.29 is 14.4 Å². The minimum Gasteiger partial charge on any atom is -0.397 e. The first-order chi connectivity index (χ1) is 24.2. The van der Waals surface area contributed by atoms with Crippen molar-refractivity contribution in [2.45, 2.75) is 76.4 Å². The monoisotopic (exact) mass is 704 g/mol. The number of likely N-dealkylation sites (tertiary alicyclic amines) is 1. The second-order valence-corrected chi connectivity index (χ2v) is 15.4. The van der Waals surface area contributed by atoms with Gasteiger partial charge in [0.25, 0.3) is 0 Å². The van der Waals surface area contributed by atoms with Gasteiger partial charge in [-0.05, 0) is 80.8 Å². The van der Waals surface area contributed by atoms with Crippen LogP contribution in [0.1, 0.15) is 55.7 Å². The molecule has 4 amide bonds. The number of nitrogens with one attached hydrogen (secondary N) is 1. The molecule has 2 aromatic rings. The lowest BCUT2D eigenvalue weighted by Crippen LogP contribution is -2.62. The van der Waals surface area contributed by atoms with Crippen molar-refractivity contribution in [3.8, 4) is 0 Å². The van der Waals surface area contributed by atoms with Crippen molar-refractivity contribution >= 4 is 40.8 Å². The summed E-state index contributed by atoms with van der Waals surface area (Å²) in [6.45, 7) is 8.89. The van der Waals surface area contributed by atoms with Gasteiger partial charge in [-0.1, -0.05) is 42.8 Å². The number of hydrogen-bond acceptors (Lipinski definition) is 7. The number of hydrogen-bond donors (Lipinski definition) is 2. The number of carbonyl (C=O) groups excluding carboxylic acids is 3. The number of piperidine rings is 1. The standard InChI is InChI=1S/C38H53ClN8O3/c1-3-27-20-26(22-33(39)36(27)40)21-29(37(49)44-16-18-45(19-17-44)46-24-31-8-9-32(25-46)42(31)2)23-35(48)43-13-11-30(12-14-43)47-15-10-28-6-4-5-7-34(28)41-38(47)50/h4-7,20,22,29-32H,3,8-19,21,23-25,40H2,1-2H3,(H,41,50)/t29-,31?,32?/m0/s1. The van der Waals surface area contributed by atoms with Gasteiger partial charge >= 0.3 is 6.03 Å². The normalized spacial score (nSPS) is 24.5. The average Bonchev–Trinajstić information content (AvgIpc) is 3.27. The molecule has 4 saturated heterocycles. The first-order valence-electron chi connectivity index (χ1n) is 18.7. The molecule has 0 spiro atoms. The third-order valence-electron chi connectivity index (χ3n) is 12.1. The van der Waals surface area contributed by atoms with Crippen LogP contribution < -0.4 is 11.1 Å². The number of nitrogen functional groups attached to an aromatic ring is 1. The zero-order valence-electron chi connectivity index (χ0n) is 29.7. The Hall–Kier alpha value is -3.38. The van der Waals surface area contributed by atoms with Gasteiger partial charge in [-0.15, -0.1) is 0 Å². The lowest BCUT2D eigenvalue weighted by Gasteiger charge is -2.47. The number of para-hydroxylation sites is 1. The van der Waals surface area contributed by atoms with Gasteiger partial charge in [-0.25, -0.2) is 14.8 Å². The van der Waals surface area contributed by atoms with Gasteiger partial charge in [-0.2, -0.15) is 0 Å². The summed E-state index contributed by atoms with van der Waals surface area (Å²) in [6.07, 6.45) is 6.09. The number of halogens is 1. The zero-order chi connectivity index (χ0) is 34.9.